The number of benzene rings is 1. The van der Waals surface area contributed by atoms with Crippen molar-refractivity contribution in [1.82, 2.24) is 0 Å². The van der Waals surface area contributed by atoms with E-state index >= 15 is 0 Å². The second-order valence-corrected chi connectivity index (χ2v) is 3.76. The second-order valence-electron chi connectivity index (χ2n) is 3.76. The molecule has 1 aromatic rings. The fourth-order valence-corrected chi connectivity index (χ4v) is 1.51. The van der Waals surface area contributed by atoms with Gasteiger partial charge >= 0.3 is 5.97 Å². The van der Waals surface area contributed by atoms with Crippen LogP contribution < -0.4 is 0 Å². The monoisotopic (exact) mass is 236 g/mol. The van der Waals surface area contributed by atoms with Gasteiger partial charge in [0.1, 0.15) is 6.61 Å². The first-order valence-electron chi connectivity index (χ1n) is 6.10. The molecule has 3 heteroatoms. The van der Waals surface area contributed by atoms with Crippen LogP contribution in [0.1, 0.15) is 25.3 Å². The van der Waals surface area contributed by atoms with Crippen molar-refractivity contribution in [3.05, 3.63) is 35.9 Å². The molecule has 3 nitrogen and oxygen atoms in total. The molecule has 0 aliphatic rings. The molecule has 0 fully saturated rings. The number of aryl methyl sites for hydroxylation is 1. The highest BCUT2D eigenvalue weighted by atomic mass is 16.6. The van der Waals surface area contributed by atoms with E-state index in [1.807, 2.05) is 25.1 Å². The van der Waals surface area contributed by atoms with Crippen molar-refractivity contribution in [3.63, 3.8) is 0 Å². The molecule has 0 amide bonds. The predicted molar refractivity (Wildman–Crippen MR) is 66.8 cm³/mol. The van der Waals surface area contributed by atoms with Gasteiger partial charge in [0, 0.05) is 13.0 Å². The van der Waals surface area contributed by atoms with E-state index < -0.39 is 0 Å². The van der Waals surface area contributed by atoms with Crippen LogP contribution in [0, 0.1) is 0 Å². The number of carbonyl (C=O) groups is 1. The Hall–Kier alpha value is -1.35. The smallest absolute Gasteiger partial charge is 0.305 e. The minimum atomic E-state index is -0.138. The van der Waals surface area contributed by atoms with E-state index in [-0.39, 0.29) is 5.97 Å². The molecule has 0 heterocycles. The highest BCUT2D eigenvalue weighted by Gasteiger charge is 2.02. The van der Waals surface area contributed by atoms with Crippen LogP contribution in [0.3, 0.4) is 0 Å². The lowest BCUT2D eigenvalue weighted by atomic mass is 10.1. The van der Waals surface area contributed by atoms with E-state index in [0.717, 1.165) is 12.8 Å². The van der Waals surface area contributed by atoms with Crippen LogP contribution in [0.25, 0.3) is 0 Å². The number of rotatable bonds is 8. The van der Waals surface area contributed by atoms with Gasteiger partial charge in [0.25, 0.3) is 0 Å². The predicted octanol–water partition coefficient (Wildman–Crippen LogP) is 2.59. The Labute approximate surface area is 103 Å². The topological polar surface area (TPSA) is 35.5 Å². The molecule has 0 unspecified atom stereocenters. The number of hydrogen-bond donors (Lipinski definition) is 0. The van der Waals surface area contributed by atoms with Crippen molar-refractivity contribution in [2.24, 2.45) is 0 Å². The Morgan fingerprint density at radius 2 is 1.94 bits per heavy atom. The van der Waals surface area contributed by atoms with Crippen LogP contribution >= 0.6 is 0 Å². The molecule has 0 aromatic heterocycles. The summed E-state index contributed by atoms with van der Waals surface area (Å²) in [5.41, 5.74) is 1.26. The van der Waals surface area contributed by atoms with Crippen LogP contribution in [0.5, 0.6) is 0 Å². The fourth-order valence-electron chi connectivity index (χ4n) is 1.51. The molecular formula is C14H20O3. The normalized spacial score (nSPS) is 10.2. The summed E-state index contributed by atoms with van der Waals surface area (Å²) in [7, 11) is 0. The molecule has 17 heavy (non-hydrogen) atoms. The number of carbonyl (C=O) groups excluding carboxylic acids is 1. The fraction of sp³-hybridized carbons (Fsp3) is 0.500. The van der Waals surface area contributed by atoms with Crippen molar-refractivity contribution in [2.45, 2.75) is 26.2 Å². The van der Waals surface area contributed by atoms with Crippen LogP contribution in [0.2, 0.25) is 0 Å². The number of ether oxygens (including phenoxy) is 2. The van der Waals surface area contributed by atoms with Crippen LogP contribution in [0.15, 0.2) is 30.3 Å². The van der Waals surface area contributed by atoms with E-state index in [1.54, 1.807) is 0 Å². The third-order valence-electron chi connectivity index (χ3n) is 2.38. The van der Waals surface area contributed by atoms with E-state index in [2.05, 4.69) is 12.1 Å². The Balaban J connectivity index is 2.04. The number of hydrogen-bond acceptors (Lipinski definition) is 3. The van der Waals surface area contributed by atoms with Gasteiger partial charge in [-0.15, -0.1) is 0 Å². The van der Waals surface area contributed by atoms with Gasteiger partial charge in [-0.3, -0.25) is 4.79 Å². The zero-order valence-corrected chi connectivity index (χ0v) is 10.4. The van der Waals surface area contributed by atoms with Crippen LogP contribution in [0.4, 0.5) is 0 Å². The first-order valence-corrected chi connectivity index (χ1v) is 6.10. The largest absolute Gasteiger partial charge is 0.463 e. The van der Waals surface area contributed by atoms with Gasteiger partial charge in [-0.2, -0.15) is 0 Å². The molecule has 0 radical (unpaired) electrons. The van der Waals surface area contributed by atoms with Crippen molar-refractivity contribution in [3.8, 4) is 0 Å². The van der Waals surface area contributed by atoms with Gasteiger partial charge in [0.05, 0.1) is 6.61 Å². The van der Waals surface area contributed by atoms with Gasteiger partial charge < -0.3 is 9.47 Å². The zero-order valence-electron chi connectivity index (χ0n) is 10.4. The highest BCUT2D eigenvalue weighted by Crippen LogP contribution is 2.05. The Morgan fingerprint density at radius 3 is 2.65 bits per heavy atom. The summed E-state index contributed by atoms with van der Waals surface area (Å²) in [6.07, 6.45) is 2.22. The summed E-state index contributed by atoms with van der Waals surface area (Å²) in [5, 5.41) is 0. The van der Waals surface area contributed by atoms with Gasteiger partial charge in [0.15, 0.2) is 0 Å². The molecule has 0 spiro atoms. The molecule has 0 saturated heterocycles. The molecule has 0 bridgehead atoms. The first-order chi connectivity index (χ1) is 8.33. The molecule has 0 aliphatic carbocycles. The Kier molecular flexibility index (Phi) is 7.07. The maximum atomic E-state index is 11.3. The molecule has 1 rings (SSSR count). The standard InChI is InChI=1S/C14H20O3/c1-2-16-11-12-17-14(15)10-6-9-13-7-4-3-5-8-13/h3-5,7-8H,2,6,9-12H2,1H3. The maximum absolute atomic E-state index is 11.3. The van der Waals surface area contributed by atoms with Crippen molar-refractivity contribution in [1.29, 1.82) is 0 Å². The molecular weight excluding hydrogens is 216 g/mol. The second kappa shape index (κ2) is 8.76. The third-order valence-corrected chi connectivity index (χ3v) is 2.38. The molecule has 94 valence electrons. The van der Waals surface area contributed by atoms with E-state index in [9.17, 15) is 4.79 Å². The van der Waals surface area contributed by atoms with Gasteiger partial charge in [-0.05, 0) is 25.3 Å². The van der Waals surface area contributed by atoms with Gasteiger partial charge in [-0.1, -0.05) is 30.3 Å². The molecule has 0 saturated carbocycles. The summed E-state index contributed by atoms with van der Waals surface area (Å²) in [6.45, 7) is 3.42. The van der Waals surface area contributed by atoms with Crippen LogP contribution in [-0.2, 0) is 20.7 Å². The minimum Gasteiger partial charge on any atom is -0.463 e. The van der Waals surface area contributed by atoms with Crippen molar-refractivity contribution < 1.29 is 14.3 Å². The average molecular weight is 236 g/mol. The van der Waals surface area contributed by atoms with E-state index in [4.69, 9.17) is 9.47 Å². The van der Waals surface area contributed by atoms with E-state index in [1.165, 1.54) is 5.56 Å². The zero-order chi connectivity index (χ0) is 12.3. The van der Waals surface area contributed by atoms with Gasteiger partial charge in [-0.25, -0.2) is 0 Å². The van der Waals surface area contributed by atoms with E-state index in [0.29, 0.717) is 26.2 Å². The third kappa shape index (κ3) is 6.74. The lowest BCUT2D eigenvalue weighted by Gasteiger charge is -2.04. The quantitative estimate of drug-likeness (QED) is 0.514. The lowest BCUT2D eigenvalue weighted by Crippen LogP contribution is -2.10. The van der Waals surface area contributed by atoms with Crippen molar-refractivity contribution in [2.75, 3.05) is 19.8 Å². The molecule has 0 atom stereocenters. The summed E-state index contributed by atoms with van der Waals surface area (Å²) in [6, 6.07) is 10.2. The Morgan fingerprint density at radius 1 is 1.18 bits per heavy atom. The summed E-state index contributed by atoms with van der Waals surface area (Å²) in [5.74, 6) is -0.138. The van der Waals surface area contributed by atoms with Crippen molar-refractivity contribution >= 4 is 5.97 Å². The molecule has 0 N–H and O–H groups in total. The maximum Gasteiger partial charge on any atom is 0.305 e. The Bertz CT molecular complexity index is 309. The first kappa shape index (κ1) is 13.7. The SMILES string of the molecule is CCOCCOC(=O)CCCc1ccccc1. The van der Waals surface area contributed by atoms with Gasteiger partial charge in [0.2, 0.25) is 0 Å². The summed E-state index contributed by atoms with van der Waals surface area (Å²) >= 11 is 0. The molecule has 1 aromatic carbocycles. The molecule has 0 aliphatic heterocycles. The highest BCUT2D eigenvalue weighted by molar-refractivity contribution is 5.69. The summed E-state index contributed by atoms with van der Waals surface area (Å²) < 4.78 is 10.1. The number of esters is 1. The average Bonchev–Trinajstić information content (AvgIpc) is 2.36. The summed E-state index contributed by atoms with van der Waals surface area (Å²) in [4.78, 5) is 11.3. The van der Waals surface area contributed by atoms with Crippen LogP contribution in [-0.4, -0.2) is 25.8 Å². The lowest BCUT2D eigenvalue weighted by molar-refractivity contribution is -0.145. The minimum absolute atomic E-state index is 0.138.